The van der Waals surface area contributed by atoms with E-state index in [2.05, 4.69) is 33.8 Å². The van der Waals surface area contributed by atoms with Gasteiger partial charge in [0.2, 0.25) is 5.75 Å². The number of nitrogens with two attached hydrogens (primary N) is 1. The number of allylic oxidation sites excluding steroid dienone is 3. The molecule has 0 atom stereocenters. The average Bonchev–Trinajstić information content (AvgIpc) is 2.64. The van der Waals surface area contributed by atoms with Crippen LogP contribution in [-0.2, 0) is 6.54 Å². The molecular weight excluding hydrogens is 352 g/mol. The Hall–Kier alpha value is -2.69. The Balaban J connectivity index is 2.31. The molecule has 1 heterocycles. The number of aromatic hydroxyl groups is 1. The summed E-state index contributed by atoms with van der Waals surface area (Å²) in [6.07, 6.45) is 7.94. The summed E-state index contributed by atoms with van der Waals surface area (Å²) in [7, 11) is 0. The van der Waals surface area contributed by atoms with E-state index in [1.165, 1.54) is 11.1 Å². The monoisotopic (exact) mass is 384 g/mol. The zero-order chi connectivity index (χ0) is 20.7. The lowest BCUT2D eigenvalue weighted by molar-refractivity contribution is 0.335. The molecule has 1 aromatic carbocycles. The summed E-state index contributed by atoms with van der Waals surface area (Å²) >= 11 is 0. The molecule has 0 radical (unpaired) electrons. The second-order valence-electron chi connectivity index (χ2n) is 7.45. The van der Waals surface area contributed by atoms with Gasteiger partial charge < -0.3 is 20.1 Å². The van der Waals surface area contributed by atoms with Crippen molar-refractivity contribution in [3.8, 4) is 11.5 Å². The molecule has 0 unspecified atom stereocenters. The SMILES string of the molecule is CCCCn1c(=O)c(O)c(OCC=C(C)CCC=C(C)C)c2ccc(N)cc21. The number of hydrogen-bond donors (Lipinski definition) is 2. The number of anilines is 1. The lowest BCUT2D eigenvalue weighted by atomic mass is 10.1. The van der Waals surface area contributed by atoms with E-state index in [0.29, 0.717) is 29.7 Å². The van der Waals surface area contributed by atoms with Crippen LogP contribution in [0.2, 0.25) is 0 Å². The van der Waals surface area contributed by atoms with Gasteiger partial charge >= 0.3 is 0 Å². The van der Waals surface area contributed by atoms with Crippen molar-refractivity contribution in [1.82, 2.24) is 4.57 Å². The summed E-state index contributed by atoms with van der Waals surface area (Å²) < 4.78 is 7.41. The van der Waals surface area contributed by atoms with E-state index in [9.17, 15) is 9.90 Å². The fourth-order valence-electron chi connectivity index (χ4n) is 3.07. The molecule has 0 aliphatic heterocycles. The van der Waals surface area contributed by atoms with Crippen molar-refractivity contribution in [3.05, 3.63) is 51.9 Å². The van der Waals surface area contributed by atoms with Gasteiger partial charge in [0.1, 0.15) is 6.61 Å². The van der Waals surface area contributed by atoms with Gasteiger partial charge in [-0.25, -0.2) is 0 Å². The van der Waals surface area contributed by atoms with E-state index < -0.39 is 5.56 Å². The summed E-state index contributed by atoms with van der Waals surface area (Å²) in [4.78, 5) is 12.7. The minimum atomic E-state index is -0.439. The summed E-state index contributed by atoms with van der Waals surface area (Å²) in [6, 6.07) is 5.32. The third-order valence-corrected chi connectivity index (χ3v) is 4.71. The number of aromatic nitrogens is 1. The Kier molecular flexibility index (Phi) is 7.73. The van der Waals surface area contributed by atoms with Crippen LogP contribution in [-0.4, -0.2) is 16.3 Å². The maximum atomic E-state index is 12.7. The van der Waals surface area contributed by atoms with E-state index in [0.717, 1.165) is 25.7 Å². The van der Waals surface area contributed by atoms with Crippen molar-refractivity contribution < 1.29 is 9.84 Å². The lowest BCUT2D eigenvalue weighted by Gasteiger charge is -2.16. The van der Waals surface area contributed by atoms with Gasteiger partial charge in [0.25, 0.3) is 5.56 Å². The molecule has 0 aliphatic rings. The second-order valence-corrected chi connectivity index (χ2v) is 7.45. The average molecular weight is 385 g/mol. The molecule has 5 heteroatoms. The van der Waals surface area contributed by atoms with Gasteiger partial charge in [0, 0.05) is 17.6 Å². The number of aryl methyl sites for hydroxylation is 1. The van der Waals surface area contributed by atoms with Crippen LogP contribution < -0.4 is 16.0 Å². The molecule has 2 rings (SSSR count). The number of nitrogen functional groups attached to an aromatic ring is 1. The Morgan fingerprint density at radius 3 is 2.68 bits per heavy atom. The van der Waals surface area contributed by atoms with Gasteiger partial charge in [-0.3, -0.25) is 4.79 Å². The quantitative estimate of drug-likeness (QED) is 0.462. The van der Waals surface area contributed by atoms with Crippen LogP contribution in [0.25, 0.3) is 10.9 Å². The van der Waals surface area contributed by atoms with Crippen LogP contribution in [0.1, 0.15) is 53.4 Å². The van der Waals surface area contributed by atoms with Crippen LogP contribution in [0, 0.1) is 0 Å². The Morgan fingerprint density at radius 2 is 2.00 bits per heavy atom. The maximum absolute atomic E-state index is 12.7. The number of rotatable bonds is 9. The van der Waals surface area contributed by atoms with Crippen molar-refractivity contribution in [3.63, 3.8) is 0 Å². The first kappa shape index (κ1) is 21.6. The topological polar surface area (TPSA) is 77.5 Å². The molecule has 0 fully saturated rings. The molecule has 28 heavy (non-hydrogen) atoms. The number of unbranched alkanes of at least 4 members (excludes halogenated alkanes) is 1. The van der Waals surface area contributed by atoms with Crippen molar-refractivity contribution >= 4 is 16.6 Å². The highest BCUT2D eigenvalue weighted by Gasteiger charge is 2.17. The number of hydrogen-bond acceptors (Lipinski definition) is 4. The van der Waals surface area contributed by atoms with Crippen molar-refractivity contribution in [2.45, 2.75) is 59.9 Å². The third kappa shape index (κ3) is 5.41. The van der Waals surface area contributed by atoms with E-state index in [1.807, 2.05) is 6.08 Å². The van der Waals surface area contributed by atoms with Crippen LogP contribution in [0.15, 0.2) is 46.3 Å². The highest BCUT2D eigenvalue weighted by atomic mass is 16.5. The first-order valence-electron chi connectivity index (χ1n) is 9.92. The number of fused-ring (bicyclic) bond motifs is 1. The smallest absolute Gasteiger partial charge is 0.297 e. The molecule has 3 N–H and O–H groups in total. The highest BCUT2D eigenvalue weighted by Crippen LogP contribution is 2.33. The normalized spacial score (nSPS) is 11.6. The second kappa shape index (κ2) is 10.0. The maximum Gasteiger partial charge on any atom is 0.297 e. The minimum absolute atomic E-state index is 0.223. The summed E-state index contributed by atoms with van der Waals surface area (Å²) in [6.45, 7) is 9.13. The molecular formula is C23H32N2O3. The molecule has 0 amide bonds. The fourth-order valence-corrected chi connectivity index (χ4v) is 3.07. The zero-order valence-corrected chi connectivity index (χ0v) is 17.4. The summed E-state index contributed by atoms with van der Waals surface area (Å²) in [5.74, 6) is -0.120. The van der Waals surface area contributed by atoms with Crippen molar-refractivity contribution in [2.75, 3.05) is 12.3 Å². The number of nitrogens with zero attached hydrogens (tertiary/aromatic N) is 1. The zero-order valence-electron chi connectivity index (χ0n) is 17.4. The number of benzene rings is 1. The molecule has 0 aliphatic carbocycles. The molecule has 5 nitrogen and oxygen atoms in total. The number of pyridine rings is 1. The van der Waals surface area contributed by atoms with Gasteiger partial charge in [0.05, 0.1) is 5.52 Å². The van der Waals surface area contributed by atoms with Crippen LogP contribution in [0.4, 0.5) is 5.69 Å². The molecule has 0 spiro atoms. The molecule has 152 valence electrons. The highest BCUT2D eigenvalue weighted by molar-refractivity contribution is 5.89. The molecule has 1 aromatic heterocycles. The fraction of sp³-hybridized carbons (Fsp3) is 0.435. The molecule has 2 aromatic rings. The predicted molar refractivity (Wildman–Crippen MR) is 117 cm³/mol. The Bertz CT molecular complexity index is 935. The van der Waals surface area contributed by atoms with Crippen molar-refractivity contribution in [2.24, 2.45) is 0 Å². The third-order valence-electron chi connectivity index (χ3n) is 4.71. The van der Waals surface area contributed by atoms with Crippen LogP contribution in [0.3, 0.4) is 0 Å². The van der Waals surface area contributed by atoms with E-state index in [4.69, 9.17) is 10.5 Å². The Morgan fingerprint density at radius 1 is 1.25 bits per heavy atom. The number of ether oxygens (including phenoxy) is 1. The standard InChI is InChI=1S/C23H32N2O3/c1-5-6-13-25-20-15-18(24)10-11-19(20)22(21(26)23(25)27)28-14-12-17(4)9-7-8-16(2)3/h8,10-12,15,26H,5-7,9,13-14,24H2,1-4H3. The van der Waals surface area contributed by atoms with Crippen molar-refractivity contribution in [1.29, 1.82) is 0 Å². The van der Waals surface area contributed by atoms with Gasteiger partial charge in [0.15, 0.2) is 5.75 Å². The molecule has 0 bridgehead atoms. The predicted octanol–water partition coefficient (Wildman–Crippen LogP) is 5.16. The summed E-state index contributed by atoms with van der Waals surface area (Å²) in [5.41, 5.74) is 9.28. The van der Waals surface area contributed by atoms with Gasteiger partial charge in [-0.15, -0.1) is 0 Å². The molecule has 0 saturated carbocycles. The van der Waals surface area contributed by atoms with Gasteiger partial charge in [-0.05, 0) is 64.3 Å². The largest absolute Gasteiger partial charge is 0.500 e. The first-order chi connectivity index (χ1) is 13.3. The van der Waals surface area contributed by atoms with E-state index >= 15 is 0 Å². The minimum Gasteiger partial charge on any atom is -0.500 e. The van der Waals surface area contributed by atoms with Crippen LogP contribution >= 0.6 is 0 Å². The van der Waals surface area contributed by atoms with Crippen LogP contribution in [0.5, 0.6) is 11.5 Å². The van der Waals surface area contributed by atoms with E-state index in [1.54, 1.807) is 22.8 Å². The van der Waals surface area contributed by atoms with Gasteiger partial charge in [-0.1, -0.05) is 30.6 Å². The van der Waals surface area contributed by atoms with Gasteiger partial charge in [-0.2, -0.15) is 0 Å². The lowest BCUT2D eigenvalue weighted by Crippen LogP contribution is -2.21. The first-order valence-corrected chi connectivity index (χ1v) is 9.92. The Labute approximate surface area is 167 Å². The molecule has 0 saturated heterocycles. The van der Waals surface area contributed by atoms with E-state index in [-0.39, 0.29) is 11.5 Å². The summed E-state index contributed by atoms with van der Waals surface area (Å²) in [5, 5.41) is 11.2.